The van der Waals surface area contributed by atoms with Crippen LogP contribution in [0.5, 0.6) is 0 Å². The number of hydrogen-bond acceptors (Lipinski definition) is 4. The van der Waals surface area contributed by atoms with Crippen LogP contribution in [0.2, 0.25) is 0 Å². The fourth-order valence-corrected chi connectivity index (χ4v) is 3.81. The first-order chi connectivity index (χ1) is 14.3. The summed E-state index contributed by atoms with van der Waals surface area (Å²) >= 11 is 0. The molecule has 1 fully saturated rings. The van der Waals surface area contributed by atoms with Crippen molar-refractivity contribution in [2.24, 2.45) is 11.8 Å². The number of carbonyl (C=O) groups is 2. The van der Waals surface area contributed by atoms with E-state index in [2.05, 4.69) is 24.3 Å². The number of halogens is 1. The monoisotopic (exact) mass is 415 g/mol. The highest BCUT2D eigenvalue weighted by atomic mass is 19.1. The standard InChI is InChI=1S/C23H30FN3O3/c1-5-15(4)11-18-13-27(20(10-14(2)3)22(28)25-18)23(29)19-12-21(30-26-19)16-6-8-17(24)9-7-16/h6-9,12,14-15,18,20H,5,10-11,13H2,1-4H3,(H,25,28)/t15?,18-,20-/m0/s1. The SMILES string of the molecule is CCC(C)C[C@H]1CN(C(=O)c2cc(-c3ccc(F)cc3)on2)[C@@H](CC(C)C)C(=O)N1. The van der Waals surface area contributed by atoms with Gasteiger partial charge in [-0.2, -0.15) is 0 Å². The van der Waals surface area contributed by atoms with Crippen molar-refractivity contribution < 1.29 is 18.5 Å². The molecule has 1 N–H and O–H groups in total. The number of carbonyl (C=O) groups excluding carboxylic acids is 2. The lowest BCUT2D eigenvalue weighted by atomic mass is 9.93. The first-order valence-corrected chi connectivity index (χ1v) is 10.6. The van der Waals surface area contributed by atoms with Crippen LogP contribution in [0.3, 0.4) is 0 Å². The molecule has 0 saturated carbocycles. The van der Waals surface area contributed by atoms with E-state index < -0.39 is 6.04 Å². The Morgan fingerprint density at radius 3 is 2.60 bits per heavy atom. The molecule has 1 saturated heterocycles. The maximum absolute atomic E-state index is 13.3. The van der Waals surface area contributed by atoms with Crippen molar-refractivity contribution in [1.82, 2.24) is 15.4 Å². The summed E-state index contributed by atoms with van der Waals surface area (Å²) in [5, 5.41) is 7.04. The zero-order valence-electron chi connectivity index (χ0n) is 18.0. The van der Waals surface area contributed by atoms with E-state index in [0.29, 0.717) is 30.2 Å². The van der Waals surface area contributed by atoms with Crippen molar-refractivity contribution in [2.45, 2.75) is 59.0 Å². The van der Waals surface area contributed by atoms with Gasteiger partial charge in [0.1, 0.15) is 11.9 Å². The fourth-order valence-electron chi connectivity index (χ4n) is 3.81. The van der Waals surface area contributed by atoms with Crippen molar-refractivity contribution in [1.29, 1.82) is 0 Å². The molecule has 2 aromatic rings. The number of piperazine rings is 1. The van der Waals surface area contributed by atoms with Gasteiger partial charge in [0.2, 0.25) is 5.91 Å². The molecule has 1 unspecified atom stereocenters. The second-order valence-corrected chi connectivity index (χ2v) is 8.64. The average Bonchev–Trinajstić information content (AvgIpc) is 3.19. The third-order valence-corrected chi connectivity index (χ3v) is 5.64. The lowest BCUT2D eigenvalue weighted by Crippen LogP contribution is -2.62. The Bertz CT molecular complexity index is 878. The van der Waals surface area contributed by atoms with Gasteiger partial charge in [-0.3, -0.25) is 9.59 Å². The van der Waals surface area contributed by atoms with E-state index in [1.54, 1.807) is 23.1 Å². The largest absolute Gasteiger partial charge is 0.355 e. The van der Waals surface area contributed by atoms with Gasteiger partial charge in [0.05, 0.1) is 0 Å². The van der Waals surface area contributed by atoms with Crippen LogP contribution in [-0.2, 0) is 4.79 Å². The molecule has 1 aliphatic heterocycles. The number of nitrogens with zero attached hydrogens (tertiary/aromatic N) is 2. The highest BCUT2D eigenvalue weighted by Crippen LogP contribution is 2.25. The third-order valence-electron chi connectivity index (χ3n) is 5.64. The molecule has 1 aromatic heterocycles. The van der Waals surface area contributed by atoms with Crippen LogP contribution in [0.1, 0.15) is 57.4 Å². The molecule has 6 nitrogen and oxygen atoms in total. The van der Waals surface area contributed by atoms with Gasteiger partial charge in [-0.25, -0.2) is 4.39 Å². The Labute approximate surface area is 176 Å². The summed E-state index contributed by atoms with van der Waals surface area (Å²) in [4.78, 5) is 27.8. The predicted octanol–water partition coefficient (Wildman–Crippen LogP) is 4.27. The van der Waals surface area contributed by atoms with Crippen molar-refractivity contribution in [3.05, 3.63) is 41.8 Å². The predicted molar refractivity (Wildman–Crippen MR) is 112 cm³/mol. The molecular formula is C23H30FN3O3. The smallest absolute Gasteiger partial charge is 0.276 e. The first kappa shape index (κ1) is 22.0. The summed E-state index contributed by atoms with van der Waals surface area (Å²) in [5.74, 6) is 0.315. The van der Waals surface area contributed by atoms with E-state index in [0.717, 1.165) is 12.8 Å². The molecular weight excluding hydrogens is 385 g/mol. The minimum atomic E-state index is -0.531. The molecule has 30 heavy (non-hydrogen) atoms. The lowest BCUT2D eigenvalue weighted by Gasteiger charge is -2.40. The van der Waals surface area contributed by atoms with Gasteiger partial charge in [0, 0.05) is 24.2 Å². The second-order valence-electron chi connectivity index (χ2n) is 8.64. The first-order valence-electron chi connectivity index (χ1n) is 10.6. The van der Waals surface area contributed by atoms with Gasteiger partial charge in [-0.15, -0.1) is 0 Å². The Hall–Kier alpha value is -2.70. The van der Waals surface area contributed by atoms with Crippen molar-refractivity contribution in [3.8, 4) is 11.3 Å². The molecule has 1 aromatic carbocycles. The molecule has 0 radical (unpaired) electrons. The highest BCUT2D eigenvalue weighted by Gasteiger charge is 2.39. The van der Waals surface area contributed by atoms with Crippen molar-refractivity contribution in [2.75, 3.05) is 6.54 Å². The maximum atomic E-state index is 13.3. The van der Waals surface area contributed by atoms with Crippen LogP contribution >= 0.6 is 0 Å². The summed E-state index contributed by atoms with van der Waals surface area (Å²) < 4.78 is 18.5. The molecule has 1 aliphatic rings. The number of benzene rings is 1. The van der Waals surface area contributed by atoms with E-state index >= 15 is 0 Å². The van der Waals surface area contributed by atoms with Crippen molar-refractivity contribution in [3.63, 3.8) is 0 Å². The van der Waals surface area contributed by atoms with Gasteiger partial charge in [-0.1, -0.05) is 39.3 Å². The Kier molecular flexibility index (Phi) is 6.90. The van der Waals surface area contributed by atoms with E-state index in [1.165, 1.54) is 12.1 Å². The van der Waals surface area contributed by atoms with Gasteiger partial charge in [-0.05, 0) is 48.9 Å². The Morgan fingerprint density at radius 1 is 1.27 bits per heavy atom. The summed E-state index contributed by atoms with van der Waals surface area (Å²) in [5.41, 5.74) is 0.785. The van der Waals surface area contributed by atoms with Crippen LogP contribution in [0.4, 0.5) is 4.39 Å². The molecule has 0 aliphatic carbocycles. The zero-order valence-corrected chi connectivity index (χ0v) is 18.0. The number of rotatable bonds is 7. The van der Waals surface area contributed by atoms with E-state index in [-0.39, 0.29) is 35.3 Å². The number of aromatic nitrogens is 1. The van der Waals surface area contributed by atoms with Gasteiger partial charge in [0.15, 0.2) is 11.5 Å². The zero-order chi connectivity index (χ0) is 21.8. The van der Waals surface area contributed by atoms with Crippen LogP contribution in [-0.4, -0.2) is 40.5 Å². The van der Waals surface area contributed by atoms with Crippen LogP contribution < -0.4 is 5.32 Å². The number of amides is 2. The molecule has 3 rings (SSSR count). The van der Waals surface area contributed by atoms with E-state index in [9.17, 15) is 14.0 Å². The van der Waals surface area contributed by atoms with Crippen LogP contribution in [0.25, 0.3) is 11.3 Å². The third kappa shape index (κ3) is 5.07. The summed E-state index contributed by atoms with van der Waals surface area (Å²) in [6.45, 7) is 8.77. The van der Waals surface area contributed by atoms with E-state index in [1.807, 2.05) is 13.8 Å². The fraction of sp³-hybridized carbons (Fsp3) is 0.522. The molecule has 162 valence electrons. The molecule has 2 heterocycles. The summed E-state index contributed by atoms with van der Waals surface area (Å²) in [6.07, 6.45) is 2.41. The van der Waals surface area contributed by atoms with Gasteiger partial charge < -0.3 is 14.7 Å². The van der Waals surface area contributed by atoms with Gasteiger partial charge >= 0.3 is 0 Å². The quantitative estimate of drug-likeness (QED) is 0.733. The molecule has 0 spiro atoms. The molecule has 0 bridgehead atoms. The van der Waals surface area contributed by atoms with Crippen molar-refractivity contribution >= 4 is 11.8 Å². The minimum Gasteiger partial charge on any atom is -0.355 e. The van der Waals surface area contributed by atoms with Crippen LogP contribution in [0, 0.1) is 17.7 Å². The second kappa shape index (κ2) is 9.41. The molecule has 7 heteroatoms. The topological polar surface area (TPSA) is 75.4 Å². The number of nitrogens with one attached hydrogen (secondary N) is 1. The summed E-state index contributed by atoms with van der Waals surface area (Å²) in [6, 6.07) is 6.74. The summed E-state index contributed by atoms with van der Waals surface area (Å²) in [7, 11) is 0. The van der Waals surface area contributed by atoms with Gasteiger partial charge in [0.25, 0.3) is 5.91 Å². The molecule has 2 amide bonds. The highest BCUT2D eigenvalue weighted by molar-refractivity contribution is 5.97. The van der Waals surface area contributed by atoms with E-state index in [4.69, 9.17) is 4.52 Å². The maximum Gasteiger partial charge on any atom is 0.276 e. The lowest BCUT2D eigenvalue weighted by molar-refractivity contribution is -0.130. The number of hydrogen-bond donors (Lipinski definition) is 1. The minimum absolute atomic E-state index is 0.0803. The Balaban J connectivity index is 1.83. The average molecular weight is 416 g/mol. The molecule has 3 atom stereocenters. The Morgan fingerprint density at radius 2 is 1.97 bits per heavy atom. The normalized spacial score (nSPS) is 20.3. The van der Waals surface area contributed by atoms with Crippen LogP contribution in [0.15, 0.2) is 34.9 Å².